The molecular weight excluding hydrogens is 306 g/mol. The molecule has 0 unspecified atom stereocenters. The third kappa shape index (κ3) is 4.38. The molecule has 6 heteroatoms. The van der Waals surface area contributed by atoms with Gasteiger partial charge < -0.3 is 14.6 Å². The highest BCUT2D eigenvalue weighted by atomic mass is 16.3. The first-order valence-corrected chi connectivity index (χ1v) is 9.07. The second-order valence-electron chi connectivity index (χ2n) is 6.69. The standard InChI is InChI=1S/C18H27N3O3/c22-17(8-3-9-19-18(23)16-7-4-14-24-16)21-12-10-20(11-13-21)15-5-1-2-6-15/h4,7,14-15H,1-3,5-6,8-13H2,(H,19,23). The van der Waals surface area contributed by atoms with Gasteiger partial charge in [0.15, 0.2) is 5.76 Å². The number of carbonyl (C=O) groups excluding carboxylic acids is 2. The van der Waals surface area contributed by atoms with Crippen molar-refractivity contribution in [2.24, 2.45) is 0 Å². The van der Waals surface area contributed by atoms with Crippen molar-refractivity contribution >= 4 is 11.8 Å². The van der Waals surface area contributed by atoms with E-state index >= 15 is 0 Å². The fraction of sp³-hybridized carbons (Fsp3) is 0.667. The summed E-state index contributed by atoms with van der Waals surface area (Å²) in [6, 6.07) is 4.06. The van der Waals surface area contributed by atoms with E-state index in [9.17, 15) is 9.59 Å². The van der Waals surface area contributed by atoms with Crippen LogP contribution in [-0.2, 0) is 4.79 Å². The van der Waals surface area contributed by atoms with Crippen LogP contribution in [0.3, 0.4) is 0 Å². The van der Waals surface area contributed by atoms with Crippen molar-refractivity contribution in [1.82, 2.24) is 15.1 Å². The second-order valence-corrected chi connectivity index (χ2v) is 6.69. The fourth-order valence-corrected chi connectivity index (χ4v) is 3.70. The summed E-state index contributed by atoms with van der Waals surface area (Å²) >= 11 is 0. The number of hydrogen-bond donors (Lipinski definition) is 1. The normalized spacial score (nSPS) is 19.6. The SMILES string of the molecule is O=C(NCCCC(=O)N1CCN(C2CCCC2)CC1)c1ccco1. The zero-order valence-electron chi connectivity index (χ0n) is 14.2. The fourth-order valence-electron chi connectivity index (χ4n) is 3.70. The van der Waals surface area contributed by atoms with Gasteiger partial charge in [-0.15, -0.1) is 0 Å². The van der Waals surface area contributed by atoms with Crippen LogP contribution in [0.1, 0.15) is 49.1 Å². The van der Waals surface area contributed by atoms with E-state index in [1.54, 1.807) is 12.1 Å². The average molecular weight is 333 g/mol. The maximum atomic E-state index is 12.3. The molecule has 2 aliphatic rings. The van der Waals surface area contributed by atoms with Crippen molar-refractivity contribution in [3.8, 4) is 0 Å². The number of carbonyl (C=O) groups is 2. The van der Waals surface area contributed by atoms with Gasteiger partial charge in [-0.25, -0.2) is 0 Å². The van der Waals surface area contributed by atoms with Gasteiger partial charge in [-0.1, -0.05) is 12.8 Å². The number of nitrogens with zero attached hydrogens (tertiary/aromatic N) is 2. The molecule has 0 aromatic carbocycles. The number of rotatable bonds is 6. The van der Waals surface area contributed by atoms with Gasteiger partial charge in [0.1, 0.15) is 0 Å². The van der Waals surface area contributed by atoms with Crippen LogP contribution < -0.4 is 5.32 Å². The molecule has 1 saturated heterocycles. The molecule has 24 heavy (non-hydrogen) atoms. The van der Waals surface area contributed by atoms with Crippen molar-refractivity contribution in [2.75, 3.05) is 32.7 Å². The minimum atomic E-state index is -0.224. The molecule has 0 atom stereocenters. The molecule has 2 amide bonds. The monoisotopic (exact) mass is 333 g/mol. The van der Waals surface area contributed by atoms with Crippen LogP contribution >= 0.6 is 0 Å². The molecule has 1 saturated carbocycles. The Kier molecular flexibility index (Phi) is 5.91. The van der Waals surface area contributed by atoms with Crippen LogP contribution in [0.15, 0.2) is 22.8 Å². The zero-order valence-corrected chi connectivity index (χ0v) is 14.2. The van der Waals surface area contributed by atoms with Crippen LogP contribution in [0, 0.1) is 0 Å². The van der Waals surface area contributed by atoms with Gasteiger partial charge in [0, 0.05) is 45.2 Å². The van der Waals surface area contributed by atoms with Gasteiger partial charge in [-0.2, -0.15) is 0 Å². The first-order valence-electron chi connectivity index (χ1n) is 9.07. The van der Waals surface area contributed by atoms with E-state index in [0.29, 0.717) is 25.1 Å². The zero-order chi connectivity index (χ0) is 16.8. The van der Waals surface area contributed by atoms with Crippen LogP contribution in [0.5, 0.6) is 0 Å². The lowest BCUT2D eigenvalue weighted by molar-refractivity contribution is -0.133. The van der Waals surface area contributed by atoms with Crippen LogP contribution in [-0.4, -0.2) is 60.4 Å². The Balaban J connectivity index is 1.30. The van der Waals surface area contributed by atoms with Crippen molar-refractivity contribution in [1.29, 1.82) is 0 Å². The van der Waals surface area contributed by atoms with E-state index in [4.69, 9.17) is 4.42 Å². The summed E-state index contributed by atoms with van der Waals surface area (Å²) in [4.78, 5) is 28.5. The molecule has 1 aliphatic carbocycles. The van der Waals surface area contributed by atoms with Crippen LogP contribution in [0.4, 0.5) is 0 Å². The summed E-state index contributed by atoms with van der Waals surface area (Å²) in [6.45, 7) is 4.19. The van der Waals surface area contributed by atoms with Gasteiger partial charge in [0.05, 0.1) is 6.26 Å². The highest BCUT2D eigenvalue weighted by molar-refractivity contribution is 5.91. The summed E-state index contributed by atoms with van der Waals surface area (Å²) in [5.41, 5.74) is 0. The molecule has 2 fully saturated rings. The Morgan fingerprint density at radius 2 is 1.92 bits per heavy atom. The van der Waals surface area contributed by atoms with Crippen LogP contribution in [0.2, 0.25) is 0 Å². The predicted octanol–water partition coefficient (Wildman–Crippen LogP) is 1.88. The highest BCUT2D eigenvalue weighted by Crippen LogP contribution is 2.24. The molecule has 0 spiro atoms. The van der Waals surface area contributed by atoms with E-state index in [1.165, 1.54) is 31.9 Å². The van der Waals surface area contributed by atoms with Gasteiger partial charge in [0.25, 0.3) is 5.91 Å². The molecule has 1 aliphatic heterocycles. The number of nitrogens with one attached hydrogen (secondary N) is 1. The molecule has 132 valence electrons. The third-order valence-corrected chi connectivity index (χ3v) is 5.11. The lowest BCUT2D eigenvalue weighted by Crippen LogP contribution is -2.51. The molecule has 3 rings (SSSR count). The largest absolute Gasteiger partial charge is 0.459 e. The minimum absolute atomic E-state index is 0.202. The summed E-state index contributed by atoms with van der Waals surface area (Å²) in [5.74, 6) is 0.287. The summed E-state index contributed by atoms with van der Waals surface area (Å²) in [7, 11) is 0. The maximum Gasteiger partial charge on any atom is 0.286 e. The van der Waals surface area contributed by atoms with Crippen molar-refractivity contribution in [3.63, 3.8) is 0 Å². The molecule has 2 heterocycles. The molecule has 1 N–H and O–H groups in total. The first kappa shape index (κ1) is 17.0. The first-order chi connectivity index (χ1) is 11.7. The predicted molar refractivity (Wildman–Crippen MR) is 90.7 cm³/mol. The van der Waals surface area contributed by atoms with E-state index in [1.807, 2.05) is 4.90 Å². The van der Waals surface area contributed by atoms with Gasteiger partial charge >= 0.3 is 0 Å². The lowest BCUT2D eigenvalue weighted by Gasteiger charge is -2.38. The van der Waals surface area contributed by atoms with Crippen molar-refractivity contribution in [2.45, 2.75) is 44.6 Å². The van der Waals surface area contributed by atoms with E-state index in [0.717, 1.165) is 32.2 Å². The van der Waals surface area contributed by atoms with Gasteiger partial charge in [0.2, 0.25) is 5.91 Å². The Morgan fingerprint density at radius 1 is 1.17 bits per heavy atom. The quantitative estimate of drug-likeness (QED) is 0.807. The minimum Gasteiger partial charge on any atom is -0.459 e. The highest BCUT2D eigenvalue weighted by Gasteiger charge is 2.27. The van der Waals surface area contributed by atoms with E-state index in [-0.39, 0.29) is 11.8 Å². The molecular formula is C18H27N3O3. The Labute approximate surface area is 143 Å². The van der Waals surface area contributed by atoms with E-state index in [2.05, 4.69) is 10.2 Å². The summed E-state index contributed by atoms with van der Waals surface area (Å²) in [6.07, 6.45) is 7.98. The van der Waals surface area contributed by atoms with Crippen LogP contribution in [0.25, 0.3) is 0 Å². The van der Waals surface area contributed by atoms with Crippen molar-refractivity contribution in [3.05, 3.63) is 24.2 Å². The van der Waals surface area contributed by atoms with Crippen molar-refractivity contribution < 1.29 is 14.0 Å². The average Bonchev–Trinajstić information content (AvgIpc) is 3.32. The number of furan rings is 1. The molecule has 0 bridgehead atoms. The summed E-state index contributed by atoms with van der Waals surface area (Å²) < 4.78 is 5.03. The topological polar surface area (TPSA) is 65.8 Å². The van der Waals surface area contributed by atoms with E-state index < -0.39 is 0 Å². The third-order valence-electron chi connectivity index (χ3n) is 5.11. The molecule has 1 aromatic heterocycles. The Hall–Kier alpha value is -1.82. The maximum absolute atomic E-state index is 12.3. The molecule has 0 radical (unpaired) electrons. The molecule has 1 aromatic rings. The number of piperazine rings is 1. The molecule has 6 nitrogen and oxygen atoms in total. The van der Waals surface area contributed by atoms with Gasteiger partial charge in [-0.05, 0) is 31.4 Å². The Morgan fingerprint density at radius 3 is 2.58 bits per heavy atom. The number of hydrogen-bond acceptors (Lipinski definition) is 4. The summed E-state index contributed by atoms with van der Waals surface area (Å²) in [5, 5.41) is 2.78. The Bertz CT molecular complexity index is 530. The second kappa shape index (κ2) is 8.33. The van der Waals surface area contributed by atoms with Gasteiger partial charge in [-0.3, -0.25) is 14.5 Å². The smallest absolute Gasteiger partial charge is 0.286 e. The lowest BCUT2D eigenvalue weighted by atomic mass is 10.1. The number of amides is 2.